The van der Waals surface area contributed by atoms with E-state index in [1.807, 2.05) is 35.2 Å². The number of piperidine rings is 1. The molecule has 0 spiro atoms. The zero-order chi connectivity index (χ0) is 11.7. The highest BCUT2D eigenvalue weighted by Gasteiger charge is 2.28. The maximum absolute atomic E-state index is 12.2. The van der Waals surface area contributed by atoms with Crippen molar-refractivity contribution in [1.82, 2.24) is 9.47 Å². The maximum atomic E-state index is 12.2. The number of nitrogens with zero attached hydrogens (tertiary/aromatic N) is 3. The lowest BCUT2D eigenvalue weighted by Crippen LogP contribution is -2.44. The van der Waals surface area contributed by atoms with Crippen LogP contribution in [-0.4, -0.2) is 28.6 Å². The van der Waals surface area contributed by atoms with E-state index >= 15 is 0 Å². The summed E-state index contributed by atoms with van der Waals surface area (Å²) in [5.74, 6) is 1.22. The first-order valence-corrected chi connectivity index (χ1v) is 5.88. The molecule has 4 heteroatoms. The minimum Gasteiger partial charge on any atom is -0.304 e. The number of rotatable bonds is 0. The Bertz CT molecular complexity index is 375. The van der Waals surface area contributed by atoms with Crippen molar-refractivity contribution < 1.29 is 9.36 Å². The van der Waals surface area contributed by atoms with Crippen LogP contribution in [0.25, 0.3) is 0 Å². The van der Waals surface area contributed by atoms with Gasteiger partial charge in [0, 0.05) is 13.1 Å². The fourth-order valence-corrected chi connectivity index (χ4v) is 2.55. The van der Waals surface area contributed by atoms with Crippen molar-refractivity contribution in [2.24, 2.45) is 18.9 Å². The first-order valence-electron chi connectivity index (χ1n) is 5.88. The summed E-state index contributed by atoms with van der Waals surface area (Å²) in [6.07, 6.45) is 6.73. The van der Waals surface area contributed by atoms with Crippen LogP contribution in [0.15, 0.2) is 18.7 Å². The highest BCUT2D eigenvalue weighted by atomic mass is 16.2. The molecule has 1 amide bonds. The molecule has 2 atom stereocenters. The molecule has 16 heavy (non-hydrogen) atoms. The summed E-state index contributed by atoms with van der Waals surface area (Å²) in [4.78, 5) is 14.1. The summed E-state index contributed by atoms with van der Waals surface area (Å²) >= 11 is 0. The van der Waals surface area contributed by atoms with Crippen LogP contribution in [0.3, 0.4) is 0 Å². The Kier molecular flexibility index (Phi) is 2.99. The van der Waals surface area contributed by atoms with Crippen molar-refractivity contribution in [2.45, 2.75) is 20.3 Å². The van der Waals surface area contributed by atoms with Crippen LogP contribution in [0.2, 0.25) is 0 Å². The van der Waals surface area contributed by atoms with E-state index in [1.54, 1.807) is 4.57 Å². The van der Waals surface area contributed by atoms with E-state index < -0.39 is 0 Å². The lowest BCUT2D eigenvalue weighted by molar-refractivity contribution is -0.670. The van der Waals surface area contributed by atoms with Gasteiger partial charge in [0.05, 0.1) is 7.05 Å². The molecule has 0 saturated carbocycles. The van der Waals surface area contributed by atoms with Gasteiger partial charge in [0.1, 0.15) is 12.4 Å². The van der Waals surface area contributed by atoms with Crippen LogP contribution in [0.1, 0.15) is 20.3 Å². The molecule has 2 heterocycles. The monoisotopic (exact) mass is 222 g/mol. The normalized spacial score (nSPS) is 25.8. The van der Waals surface area contributed by atoms with Gasteiger partial charge in [-0.05, 0) is 18.3 Å². The topological polar surface area (TPSA) is 29.1 Å². The predicted molar refractivity (Wildman–Crippen MR) is 60.9 cm³/mol. The molecular formula is C12H20N3O+. The molecule has 1 saturated heterocycles. The van der Waals surface area contributed by atoms with Gasteiger partial charge in [-0.2, -0.15) is 4.57 Å². The van der Waals surface area contributed by atoms with Crippen molar-refractivity contribution in [1.29, 1.82) is 0 Å². The number of hydrogen-bond donors (Lipinski definition) is 0. The molecule has 0 aromatic carbocycles. The van der Waals surface area contributed by atoms with Gasteiger partial charge in [-0.15, -0.1) is 0 Å². The van der Waals surface area contributed by atoms with Crippen molar-refractivity contribution >= 4 is 6.03 Å². The Labute approximate surface area is 96.5 Å². The average Bonchev–Trinajstić information content (AvgIpc) is 2.62. The van der Waals surface area contributed by atoms with E-state index in [4.69, 9.17) is 0 Å². The smallest absolute Gasteiger partial charge is 0.304 e. The second kappa shape index (κ2) is 4.28. The van der Waals surface area contributed by atoms with Crippen LogP contribution in [0.5, 0.6) is 0 Å². The third kappa shape index (κ3) is 2.26. The van der Waals surface area contributed by atoms with Crippen LogP contribution in [0, 0.1) is 11.8 Å². The van der Waals surface area contributed by atoms with Crippen LogP contribution >= 0.6 is 0 Å². The van der Waals surface area contributed by atoms with Crippen molar-refractivity contribution in [3.63, 3.8) is 0 Å². The Morgan fingerprint density at radius 1 is 1.31 bits per heavy atom. The Hall–Kier alpha value is -1.32. The molecule has 1 aromatic rings. The van der Waals surface area contributed by atoms with Gasteiger partial charge >= 0.3 is 6.03 Å². The molecule has 0 N–H and O–H groups in total. The minimum atomic E-state index is 0.0963. The molecule has 1 fully saturated rings. The number of carbonyl (C=O) groups is 1. The quantitative estimate of drug-likeness (QED) is 0.608. The van der Waals surface area contributed by atoms with Gasteiger partial charge in [0.15, 0.2) is 0 Å². The van der Waals surface area contributed by atoms with Crippen LogP contribution < -0.4 is 4.57 Å². The van der Waals surface area contributed by atoms with Gasteiger partial charge in [-0.1, -0.05) is 13.8 Å². The summed E-state index contributed by atoms with van der Waals surface area (Å²) in [7, 11) is 1.92. The number of imidazole rings is 1. The molecule has 0 bridgehead atoms. The average molecular weight is 222 g/mol. The van der Waals surface area contributed by atoms with Gasteiger partial charge in [0.25, 0.3) is 6.33 Å². The second-order valence-corrected chi connectivity index (χ2v) is 5.12. The van der Waals surface area contributed by atoms with Crippen molar-refractivity contribution in [3.8, 4) is 0 Å². The molecule has 88 valence electrons. The number of aryl methyl sites for hydroxylation is 1. The van der Waals surface area contributed by atoms with E-state index in [0.717, 1.165) is 13.1 Å². The highest BCUT2D eigenvalue weighted by molar-refractivity contribution is 5.76. The summed E-state index contributed by atoms with van der Waals surface area (Å²) < 4.78 is 3.54. The molecule has 0 radical (unpaired) electrons. The third-order valence-electron chi connectivity index (χ3n) is 3.13. The highest BCUT2D eigenvalue weighted by Crippen LogP contribution is 2.21. The van der Waals surface area contributed by atoms with E-state index in [2.05, 4.69) is 13.8 Å². The SMILES string of the molecule is C[C@H]1C[C@H](C)CN(C(=O)n2cc[n+](C)c2)C1. The fourth-order valence-electron chi connectivity index (χ4n) is 2.55. The summed E-state index contributed by atoms with van der Waals surface area (Å²) in [5, 5.41) is 0. The van der Waals surface area contributed by atoms with Crippen LogP contribution in [0.4, 0.5) is 4.79 Å². The van der Waals surface area contributed by atoms with Gasteiger partial charge < -0.3 is 4.90 Å². The van der Waals surface area contributed by atoms with Crippen molar-refractivity contribution in [2.75, 3.05) is 13.1 Å². The van der Waals surface area contributed by atoms with E-state index in [9.17, 15) is 4.79 Å². The Morgan fingerprint density at radius 3 is 2.44 bits per heavy atom. The number of likely N-dealkylation sites (tertiary alicyclic amines) is 1. The summed E-state index contributed by atoms with van der Waals surface area (Å²) in [6.45, 7) is 6.19. The standard InChI is InChI=1S/C12H20N3O/c1-10-6-11(2)8-15(7-10)12(16)14-5-4-13(3)9-14/h4-5,9-11H,6-8H2,1-3H3/q+1/t10-,11-/m0/s1. The van der Waals surface area contributed by atoms with E-state index in [0.29, 0.717) is 11.8 Å². The van der Waals surface area contributed by atoms with E-state index in [1.165, 1.54) is 6.42 Å². The molecule has 1 aliphatic rings. The first-order chi connectivity index (χ1) is 7.56. The second-order valence-electron chi connectivity index (χ2n) is 5.12. The summed E-state index contributed by atoms with van der Waals surface area (Å²) in [5.41, 5.74) is 0. The Morgan fingerprint density at radius 2 is 1.94 bits per heavy atom. The minimum absolute atomic E-state index is 0.0963. The zero-order valence-corrected chi connectivity index (χ0v) is 10.3. The van der Waals surface area contributed by atoms with Crippen LogP contribution in [-0.2, 0) is 7.05 Å². The van der Waals surface area contributed by atoms with E-state index in [-0.39, 0.29) is 6.03 Å². The van der Waals surface area contributed by atoms with Gasteiger partial charge in [-0.3, -0.25) is 0 Å². The van der Waals surface area contributed by atoms with Gasteiger partial charge in [-0.25, -0.2) is 9.36 Å². The molecule has 2 rings (SSSR count). The zero-order valence-electron chi connectivity index (χ0n) is 10.3. The maximum Gasteiger partial charge on any atom is 0.415 e. The third-order valence-corrected chi connectivity index (χ3v) is 3.13. The molecule has 1 aliphatic heterocycles. The molecule has 4 nitrogen and oxygen atoms in total. The van der Waals surface area contributed by atoms with Crippen molar-refractivity contribution in [3.05, 3.63) is 18.7 Å². The number of amides is 1. The largest absolute Gasteiger partial charge is 0.415 e. The first kappa shape index (κ1) is 11.2. The molecule has 1 aromatic heterocycles. The summed E-state index contributed by atoms with van der Waals surface area (Å²) in [6, 6.07) is 0.0963. The predicted octanol–water partition coefficient (Wildman–Crippen LogP) is 1.26. The molecule has 0 aliphatic carbocycles. The fraction of sp³-hybridized carbons (Fsp3) is 0.667. The number of hydrogen-bond acceptors (Lipinski definition) is 1. The number of aromatic nitrogens is 2. The number of carbonyl (C=O) groups excluding carboxylic acids is 1. The van der Waals surface area contributed by atoms with Gasteiger partial charge in [0.2, 0.25) is 0 Å². The molecular weight excluding hydrogens is 202 g/mol. The lowest BCUT2D eigenvalue weighted by atomic mass is 9.92. The molecule has 0 unspecified atom stereocenters. The Balaban J connectivity index is 2.09. The lowest BCUT2D eigenvalue weighted by Gasteiger charge is -2.33.